The summed E-state index contributed by atoms with van der Waals surface area (Å²) in [5.41, 5.74) is 7.63. The van der Waals surface area contributed by atoms with Crippen molar-refractivity contribution >= 4 is 11.7 Å². The SMILES string of the molecule is COC(=O)c1cccc(-c2cc(-c3ccc(N4CCN(C)CC4)c(-c4ccncc4)c3)[nH]n2)c1. The highest BCUT2D eigenvalue weighted by atomic mass is 16.5. The van der Waals surface area contributed by atoms with Crippen molar-refractivity contribution in [1.29, 1.82) is 0 Å². The fourth-order valence-corrected chi connectivity index (χ4v) is 4.33. The molecule has 7 heteroatoms. The number of pyridine rings is 1. The minimum absolute atomic E-state index is 0.362. The van der Waals surface area contributed by atoms with Crippen LogP contribution in [0.5, 0.6) is 0 Å². The molecule has 34 heavy (non-hydrogen) atoms. The van der Waals surface area contributed by atoms with Crippen molar-refractivity contribution in [2.75, 3.05) is 45.2 Å². The number of esters is 1. The van der Waals surface area contributed by atoms with E-state index in [0.717, 1.165) is 54.3 Å². The van der Waals surface area contributed by atoms with Crippen LogP contribution in [0.2, 0.25) is 0 Å². The second kappa shape index (κ2) is 9.49. The van der Waals surface area contributed by atoms with Crippen LogP contribution in [0.4, 0.5) is 5.69 Å². The van der Waals surface area contributed by atoms with E-state index in [1.54, 1.807) is 12.1 Å². The Labute approximate surface area is 199 Å². The van der Waals surface area contributed by atoms with Gasteiger partial charge >= 0.3 is 5.97 Å². The number of anilines is 1. The maximum absolute atomic E-state index is 11.9. The van der Waals surface area contributed by atoms with Crippen molar-refractivity contribution in [3.8, 4) is 33.6 Å². The van der Waals surface area contributed by atoms with Crippen molar-refractivity contribution in [3.63, 3.8) is 0 Å². The van der Waals surface area contributed by atoms with Crippen LogP contribution in [-0.2, 0) is 4.74 Å². The van der Waals surface area contributed by atoms with Crippen molar-refractivity contribution in [3.05, 3.63) is 78.6 Å². The van der Waals surface area contributed by atoms with Gasteiger partial charge in [-0.2, -0.15) is 5.10 Å². The van der Waals surface area contributed by atoms with E-state index in [1.807, 2.05) is 30.6 Å². The molecule has 2 aromatic heterocycles. The molecule has 0 atom stereocenters. The molecule has 0 amide bonds. The van der Waals surface area contributed by atoms with E-state index in [0.29, 0.717) is 5.56 Å². The van der Waals surface area contributed by atoms with Crippen molar-refractivity contribution in [1.82, 2.24) is 20.1 Å². The zero-order valence-corrected chi connectivity index (χ0v) is 19.4. The van der Waals surface area contributed by atoms with E-state index < -0.39 is 0 Å². The quantitative estimate of drug-likeness (QED) is 0.453. The molecule has 3 heterocycles. The normalized spacial score (nSPS) is 14.2. The number of piperazine rings is 1. The van der Waals surface area contributed by atoms with Gasteiger partial charge in [-0.1, -0.05) is 18.2 Å². The number of carbonyl (C=O) groups is 1. The number of nitrogens with one attached hydrogen (secondary N) is 1. The van der Waals surface area contributed by atoms with E-state index in [2.05, 4.69) is 62.4 Å². The number of H-pyrrole nitrogens is 1. The summed E-state index contributed by atoms with van der Waals surface area (Å²) in [6, 6.07) is 20.0. The van der Waals surface area contributed by atoms with Gasteiger partial charge in [-0.05, 0) is 55.1 Å². The Kier molecular flexibility index (Phi) is 6.10. The molecule has 172 valence electrons. The number of rotatable bonds is 5. The Morgan fingerprint density at radius 3 is 2.47 bits per heavy atom. The number of nitrogens with zero attached hydrogens (tertiary/aromatic N) is 4. The number of hydrogen-bond donors (Lipinski definition) is 1. The third-order valence-corrected chi connectivity index (χ3v) is 6.30. The van der Waals surface area contributed by atoms with Crippen molar-refractivity contribution in [2.45, 2.75) is 0 Å². The third-order valence-electron chi connectivity index (χ3n) is 6.30. The molecule has 0 bridgehead atoms. The van der Waals surface area contributed by atoms with E-state index >= 15 is 0 Å². The number of likely N-dealkylation sites (N-methyl/N-ethyl adjacent to an activating group) is 1. The van der Waals surface area contributed by atoms with Crippen LogP contribution in [0.3, 0.4) is 0 Å². The molecule has 5 rings (SSSR count). The second-order valence-corrected chi connectivity index (χ2v) is 8.50. The highest BCUT2D eigenvalue weighted by molar-refractivity contribution is 5.91. The van der Waals surface area contributed by atoms with Crippen LogP contribution in [0, 0.1) is 0 Å². The summed E-state index contributed by atoms with van der Waals surface area (Å²) in [6.07, 6.45) is 3.66. The van der Waals surface area contributed by atoms with E-state index in [9.17, 15) is 4.79 Å². The first-order valence-corrected chi connectivity index (χ1v) is 11.3. The van der Waals surface area contributed by atoms with Crippen molar-refractivity contribution < 1.29 is 9.53 Å². The highest BCUT2D eigenvalue weighted by Crippen LogP contribution is 2.35. The molecule has 1 N–H and O–H groups in total. The van der Waals surface area contributed by atoms with Crippen LogP contribution in [0.15, 0.2) is 73.1 Å². The molecule has 0 radical (unpaired) electrons. The summed E-state index contributed by atoms with van der Waals surface area (Å²) < 4.78 is 4.85. The summed E-state index contributed by atoms with van der Waals surface area (Å²) in [7, 11) is 3.55. The summed E-state index contributed by atoms with van der Waals surface area (Å²) in [5.74, 6) is -0.362. The summed E-state index contributed by atoms with van der Waals surface area (Å²) in [5, 5.41) is 7.68. The molecular weight excluding hydrogens is 426 g/mol. The highest BCUT2D eigenvalue weighted by Gasteiger charge is 2.19. The Morgan fingerprint density at radius 2 is 1.71 bits per heavy atom. The molecule has 1 aliphatic heterocycles. The standard InChI is InChI=1S/C27H27N5O2/c1-31-12-14-32(15-13-31)26-7-6-21(17-23(26)19-8-10-28-11-9-19)25-18-24(29-30-25)20-4-3-5-22(16-20)27(33)34-2/h3-11,16-18H,12-15H2,1-2H3,(H,29,30). The number of carbonyl (C=O) groups excluding carboxylic acids is 1. The second-order valence-electron chi connectivity index (χ2n) is 8.50. The van der Waals surface area contributed by atoms with Gasteiger partial charge in [0.1, 0.15) is 0 Å². The monoisotopic (exact) mass is 453 g/mol. The lowest BCUT2D eigenvalue weighted by Crippen LogP contribution is -2.44. The van der Waals surface area contributed by atoms with Gasteiger partial charge in [0.2, 0.25) is 0 Å². The van der Waals surface area contributed by atoms with Gasteiger partial charge in [0.15, 0.2) is 0 Å². The molecular formula is C27H27N5O2. The largest absolute Gasteiger partial charge is 0.465 e. The van der Waals surface area contributed by atoms with E-state index in [1.165, 1.54) is 18.4 Å². The van der Waals surface area contributed by atoms with Crippen LogP contribution in [-0.4, -0.2) is 66.4 Å². The number of aromatic amines is 1. The first-order valence-electron chi connectivity index (χ1n) is 11.3. The summed E-state index contributed by atoms with van der Waals surface area (Å²) >= 11 is 0. The molecule has 0 spiro atoms. The Hall–Kier alpha value is -3.97. The lowest BCUT2D eigenvalue weighted by Gasteiger charge is -2.35. The van der Waals surface area contributed by atoms with Gasteiger partial charge in [-0.15, -0.1) is 0 Å². The van der Waals surface area contributed by atoms with Gasteiger partial charge in [0, 0.05) is 61.0 Å². The molecule has 2 aromatic carbocycles. The van der Waals surface area contributed by atoms with E-state index in [-0.39, 0.29) is 5.97 Å². The average Bonchev–Trinajstić information content (AvgIpc) is 3.39. The Morgan fingerprint density at radius 1 is 0.912 bits per heavy atom. The van der Waals surface area contributed by atoms with Gasteiger partial charge in [0.05, 0.1) is 24.1 Å². The van der Waals surface area contributed by atoms with Gasteiger partial charge in [0.25, 0.3) is 0 Å². The maximum Gasteiger partial charge on any atom is 0.337 e. The van der Waals surface area contributed by atoms with E-state index in [4.69, 9.17) is 4.74 Å². The first-order chi connectivity index (χ1) is 16.6. The smallest absolute Gasteiger partial charge is 0.337 e. The van der Waals surface area contributed by atoms with Crippen molar-refractivity contribution in [2.24, 2.45) is 0 Å². The van der Waals surface area contributed by atoms with Gasteiger partial charge in [-0.3, -0.25) is 10.1 Å². The number of aromatic nitrogens is 3. The molecule has 4 aromatic rings. The van der Waals surface area contributed by atoms with Crippen LogP contribution in [0.25, 0.3) is 33.6 Å². The number of benzene rings is 2. The van der Waals surface area contributed by atoms with Crippen LogP contribution >= 0.6 is 0 Å². The zero-order valence-electron chi connectivity index (χ0n) is 19.4. The lowest BCUT2D eigenvalue weighted by atomic mass is 9.99. The average molecular weight is 454 g/mol. The molecule has 1 saturated heterocycles. The predicted octanol–water partition coefficient (Wildman–Crippen LogP) is 4.34. The molecule has 0 unspecified atom stereocenters. The zero-order chi connectivity index (χ0) is 23.5. The molecule has 1 fully saturated rings. The topological polar surface area (TPSA) is 74.3 Å². The molecule has 0 saturated carbocycles. The van der Waals surface area contributed by atoms with Gasteiger partial charge < -0.3 is 14.5 Å². The Balaban J connectivity index is 1.51. The maximum atomic E-state index is 11.9. The van der Waals surface area contributed by atoms with Gasteiger partial charge in [-0.25, -0.2) is 4.79 Å². The fourth-order valence-electron chi connectivity index (χ4n) is 4.33. The van der Waals surface area contributed by atoms with Crippen LogP contribution in [0.1, 0.15) is 10.4 Å². The minimum atomic E-state index is -0.362. The fraction of sp³-hybridized carbons (Fsp3) is 0.222. The number of hydrogen-bond acceptors (Lipinski definition) is 6. The lowest BCUT2D eigenvalue weighted by molar-refractivity contribution is 0.0601. The molecule has 7 nitrogen and oxygen atoms in total. The molecule has 1 aliphatic rings. The summed E-state index contributed by atoms with van der Waals surface area (Å²) in [6.45, 7) is 4.09. The number of ether oxygens (including phenoxy) is 1. The molecule has 0 aliphatic carbocycles. The minimum Gasteiger partial charge on any atom is -0.465 e. The Bertz CT molecular complexity index is 1290. The number of methoxy groups -OCH3 is 1. The third kappa shape index (κ3) is 4.43. The summed E-state index contributed by atoms with van der Waals surface area (Å²) in [4.78, 5) is 20.9. The van der Waals surface area contributed by atoms with Crippen LogP contribution < -0.4 is 4.90 Å². The first kappa shape index (κ1) is 21.9. The predicted molar refractivity (Wildman–Crippen MR) is 134 cm³/mol.